The fourth-order valence-corrected chi connectivity index (χ4v) is 2.76. The van der Waals surface area contributed by atoms with Crippen molar-refractivity contribution >= 4 is 0 Å². The van der Waals surface area contributed by atoms with Crippen LogP contribution in [0.15, 0.2) is 48.5 Å². The summed E-state index contributed by atoms with van der Waals surface area (Å²) in [5, 5.41) is 24.9. The number of aliphatic hydroxyl groups is 2. The van der Waals surface area contributed by atoms with Gasteiger partial charge in [0.25, 0.3) is 0 Å². The SMILES string of the molecule is CCNCC(O)[C@@](O)(Cc1ccccc1OC)c1cccc(F)c1. The van der Waals surface area contributed by atoms with Crippen LogP contribution >= 0.6 is 0 Å². The van der Waals surface area contributed by atoms with Gasteiger partial charge >= 0.3 is 0 Å². The van der Waals surface area contributed by atoms with Gasteiger partial charge < -0.3 is 20.3 Å². The Morgan fingerprint density at radius 2 is 1.96 bits per heavy atom. The molecular weight excluding hydrogens is 309 g/mol. The molecule has 3 N–H and O–H groups in total. The van der Waals surface area contributed by atoms with E-state index in [-0.39, 0.29) is 13.0 Å². The molecule has 0 aromatic heterocycles. The fourth-order valence-electron chi connectivity index (χ4n) is 2.76. The van der Waals surface area contributed by atoms with Crippen molar-refractivity contribution in [2.45, 2.75) is 25.0 Å². The van der Waals surface area contributed by atoms with Crippen LogP contribution in [0.2, 0.25) is 0 Å². The van der Waals surface area contributed by atoms with E-state index in [0.717, 1.165) is 5.56 Å². The molecule has 0 saturated carbocycles. The molecule has 1 unspecified atom stereocenters. The fraction of sp³-hybridized carbons (Fsp3) is 0.368. The average Bonchev–Trinajstić information content (AvgIpc) is 2.60. The Morgan fingerprint density at radius 1 is 1.21 bits per heavy atom. The van der Waals surface area contributed by atoms with Gasteiger partial charge in [-0.3, -0.25) is 0 Å². The lowest BCUT2D eigenvalue weighted by molar-refractivity contribution is -0.0790. The number of benzene rings is 2. The van der Waals surface area contributed by atoms with Gasteiger partial charge in [-0.2, -0.15) is 0 Å². The highest BCUT2D eigenvalue weighted by Crippen LogP contribution is 2.33. The third-order valence-corrected chi connectivity index (χ3v) is 4.12. The summed E-state index contributed by atoms with van der Waals surface area (Å²) in [5.74, 6) is 0.157. The minimum absolute atomic E-state index is 0.104. The summed E-state index contributed by atoms with van der Waals surface area (Å²) in [6.07, 6.45) is -1.00. The van der Waals surface area contributed by atoms with E-state index in [4.69, 9.17) is 4.74 Å². The van der Waals surface area contributed by atoms with Gasteiger partial charge in [0, 0.05) is 13.0 Å². The number of rotatable bonds is 8. The van der Waals surface area contributed by atoms with E-state index < -0.39 is 17.5 Å². The highest BCUT2D eigenvalue weighted by molar-refractivity contribution is 5.37. The Hall–Kier alpha value is -1.95. The lowest BCUT2D eigenvalue weighted by atomic mass is 9.82. The Kier molecular flexibility index (Phi) is 6.31. The maximum atomic E-state index is 13.7. The number of para-hydroxylation sites is 1. The zero-order valence-electron chi connectivity index (χ0n) is 14.0. The summed E-state index contributed by atoms with van der Waals surface area (Å²) < 4.78 is 19.0. The highest BCUT2D eigenvalue weighted by atomic mass is 19.1. The van der Waals surface area contributed by atoms with Crippen LogP contribution in [0, 0.1) is 5.82 Å². The number of hydrogen-bond donors (Lipinski definition) is 3. The Balaban J connectivity index is 2.42. The van der Waals surface area contributed by atoms with Crippen LogP contribution in [0.3, 0.4) is 0 Å². The number of aliphatic hydroxyl groups excluding tert-OH is 1. The summed E-state index contributed by atoms with van der Waals surface area (Å²) in [4.78, 5) is 0. The molecule has 2 aromatic carbocycles. The van der Waals surface area contributed by atoms with Gasteiger partial charge in [-0.15, -0.1) is 0 Å². The largest absolute Gasteiger partial charge is 0.496 e. The van der Waals surface area contributed by atoms with E-state index in [1.54, 1.807) is 19.2 Å². The van der Waals surface area contributed by atoms with Gasteiger partial charge in [0.15, 0.2) is 0 Å². The molecule has 24 heavy (non-hydrogen) atoms. The molecule has 2 atom stereocenters. The molecule has 0 heterocycles. The van der Waals surface area contributed by atoms with E-state index in [9.17, 15) is 14.6 Å². The van der Waals surface area contributed by atoms with E-state index in [1.807, 2.05) is 25.1 Å². The second kappa shape index (κ2) is 8.24. The van der Waals surface area contributed by atoms with Crippen LogP contribution in [-0.2, 0) is 12.0 Å². The lowest BCUT2D eigenvalue weighted by Gasteiger charge is -2.34. The van der Waals surface area contributed by atoms with Gasteiger partial charge in [0.1, 0.15) is 17.2 Å². The molecule has 0 saturated heterocycles. The number of methoxy groups -OCH3 is 1. The second-order valence-corrected chi connectivity index (χ2v) is 5.75. The molecule has 0 spiro atoms. The number of likely N-dealkylation sites (N-methyl/N-ethyl adjacent to an activating group) is 1. The van der Waals surface area contributed by atoms with Gasteiger partial charge in [-0.05, 0) is 35.9 Å². The molecule has 2 aromatic rings. The van der Waals surface area contributed by atoms with Crippen LogP contribution in [0.4, 0.5) is 4.39 Å². The molecule has 0 bridgehead atoms. The van der Waals surface area contributed by atoms with Crippen molar-refractivity contribution in [2.75, 3.05) is 20.2 Å². The molecule has 0 aliphatic rings. The van der Waals surface area contributed by atoms with E-state index in [1.165, 1.54) is 18.2 Å². The molecule has 0 radical (unpaired) electrons. The standard InChI is InChI=1S/C19H24FNO3/c1-3-21-13-18(22)19(23,15-8-6-9-16(20)11-15)12-14-7-4-5-10-17(14)24-2/h4-11,18,21-23H,3,12-13H2,1-2H3/t18?,19-/m1/s1. The van der Waals surface area contributed by atoms with Crippen molar-refractivity contribution < 1.29 is 19.3 Å². The molecule has 0 fully saturated rings. The van der Waals surface area contributed by atoms with Crippen molar-refractivity contribution in [2.24, 2.45) is 0 Å². The monoisotopic (exact) mass is 333 g/mol. The van der Waals surface area contributed by atoms with Gasteiger partial charge in [-0.25, -0.2) is 4.39 Å². The van der Waals surface area contributed by atoms with Crippen molar-refractivity contribution in [3.63, 3.8) is 0 Å². The molecular formula is C19H24FNO3. The van der Waals surface area contributed by atoms with Gasteiger partial charge in [-0.1, -0.05) is 37.3 Å². The first-order valence-corrected chi connectivity index (χ1v) is 8.00. The molecule has 0 aliphatic carbocycles. The predicted octanol–water partition coefficient (Wildman–Crippen LogP) is 2.24. The number of hydrogen-bond acceptors (Lipinski definition) is 4. The Labute approximate surface area is 141 Å². The normalized spacial score (nSPS) is 14.9. The van der Waals surface area contributed by atoms with Crippen molar-refractivity contribution in [1.29, 1.82) is 0 Å². The second-order valence-electron chi connectivity index (χ2n) is 5.75. The first-order valence-electron chi connectivity index (χ1n) is 8.00. The molecule has 2 rings (SSSR count). The minimum Gasteiger partial charge on any atom is -0.496 e. The number of halogens is 1. The summed E-state index contributed by atoms with van der Waals surface area (Å²) >= 11 is 0. The summed E-state index contributed by atoms with van der Waals surface area (Å²) in [5.41, 5.74) is -0.569. The highest BCUT2D eigenvalue weighted by Gasteiger charge is 2.38. The number of nitrogens with one attached hydrogen (secondary N) is 1. The smallest absolute Gasteiger partial charge is 0.123 e. The van der Waals surface area contributed by atoms with Crippen molar-refractivity contribution in [3.8, 4) is 5.75 Å². The van der Waals surface area contributed by atoms with Crippen LogP contribution in [0.25, 0.3) is 0 Å². The Morgan fingerprint density at radius 3 is 2.62 bits per heavy atom. The lowest BCUT2D eigenvalue weighted by Crippen LogP contribution is -2.47. The van der Waals surface area contributed by atoms with Gasteiger partial charge in [0.2, 0.25) is 0 Å². The first kappa shape index (κ1) is 18.4. The van der Waals surface area contributed by atoms with E-state index in [2.05, 4.69) is 5.32 Å². The van der Waals surface area contributed by atoms with E-state index in [0.29, 0.717) is 17.9 Å². The average molecular weight is 333 g/mol. The summed E-state index contributed by atoms with van der Waals surface area (Å²) in [6.45, 7) is 2.76. The van der Waals surface area contributed by atoms with Crippen LogP contribution < -0.4 is 10.1 Å². The maximum Gasteiger partial charge on any atom is 0.123 e. The Bertz CT molecular complexity index is 665. The van der Waals surface area contributed by atoms with Gasteiger partial charge in [0.05, 0.1) is 13.2 Å². The topological polar surface area (TPSA) is 61.7 Å². The van der Waals surface area contributed by atoms with Crippen molar-refractivity contribution in [1.82, 2.24) is 5.32 Å². The number of ether oxygens (including phenoxy) is 1. The van der Waals surface area contributed by atoms with E-state index >= 15 is 0 Å². The third-order valence-electron chi connectivity index (χ3n) is 4.12. The minimum atomic E-state index is -1.64. The van der Waals surface area contributed by atoms with Crippen LogP contribution in [0.1, 0.15) is 18.1 Å². The quantitative estimate of drug-likeness (QED) is 0.693. The molecule has 5 heteroatoms. The first-order chi connectivity index (χ1) is 11.5. The molecule has 130 valence electrons. The molecule has 0 amide bonds. The molecule has 4 nitrogen and oxygen atoms in total. The zero-order chi connectivity index (χ0) is 17.6. The van der Waals surface area contributed by atoms with Crippen LogP contribution in [0.5, 0.6) is 5.75 Å². The third kappa shape index (κ3) is 4.12. The zero-order valence-corrected chi connectivity index (χ0v) is 14.0. The summed E-state index contributed by atoms with van der Waals surface area (Å²) in [7, 11) is 1.55. The maximum absolute atomic E-state index is 13.7. The van der Waals surface area contributed by atoms with Crippen molar-refractivity contribution in [3.05, 3.63) is 65.5 Å². The van der Waals surface area contributed by atoms with Crippen LogP contribution in [-0.4, -0.2) is 36.5 Å². The summed E-state index contributed by atoms with van der Waals surface area (Å²) in [6, 6.07) is 13.0. The molecule has 0 aliphatic heterocycles. The predicted molar refractivity (Wildman–Crippen MR) is 91.5 cm³/mol.